The third-order valence-corrected chi connectivity index (χ3v) is 4.58. The van der Waals surface area contributed by atoms with Gasteiger partial charge in [0.15, 0.2) is 5.82 Å². The second-order valence-electron chi connectivity index (χ2n) is 5.65. The molecule has 110 valence electrons. The average molecular weight is 304 g/mol. The quantitative estimate of drug-likeness (QED) is 0.776. The van der Waals surface area contributed by atoms with Gasteiger partial charge in [-0.3, -0.25) is 0 Å². The fourth-order valence-corrected chi connectivity index (χ4v) is 3.39. The van der Waals surface area contributed by atoms with Crippen molar-refractivity contribution in [3.8, 4) is 0 Å². The van der Waals surface area contributed by atoms with E-state index in [4.69, 9.17) is 11.6 Å². The highest BCUT2D eigenvalue weighted by Crippen LogP contribution is 2.35. The van der Waals surface area contributed by atoms with Crippen LogP contribution < -0.4 is 5.32 Å². The van der Waals surface area contributed by atoms with Crippen molar-refractivity contribution in [2.24, 2.45) is 0 Å². The first-order valence-electron chi connectivity index (χ1n) is 7.51. The van der Waals surface area contributed by atoms with E-state index in [0.29, 0.717) is 11.6 Å². The summed E-state index contributed by atoms with van der Waals surface area (Å²) in [6, 6.07) is 15.9. The van der Waals surface area contributed by atoms with Gasteiger partial charge in [0.2, 0.25) is 0 Å². The van der Waals surface area contributed by atoms with Crippen LogP contribution in [0.4, 0.5) is 10.1 Å². The van der Waals surface area contributed by atoms with E-state index in [1.54, 1.807) is 18.2 Å². The third-order valence-electron chi connectivity index (χ3n) is 4.29. The molecule has 1 aliphatic rings. The number of hydrogen-bond acceptors (Lipinski definition) is 1. The Morgan fingerprint density at radius 3 is 2.52 bits per heavy atom. The number of anilines is 1. The number of benzene rings is 2. The zero-order valence-electron chi connectivity index (χ0n) is 11.9. The molecular weight excluding hydrogens is 285 g/mol. The standard InChI is InChI=1S/C18H19ClFN/c19-15-10-6-12-17(18(15)20)21-16-11-5-4-9-14(16)13-7-2-1-3-8-13/h1-3,6-8,10,12,14,16,21H,4-5,9,11H2. The third kappa shape index (κ3) is 3.21. The van der Waals surface area contributed by atoms with Crippen molar-refractivity contribution in [3.63, 3.8) is 0 Å². The Balaban J connectivity index is 1.83. The average Bonchev–Trinajstić information content (AvgIpc) is 2.53. The maximum Gasteiger partial charge on any atom is 0.164 e. The predicted molar refractivity (Wildman–Crippen MR) is 86.5 cm³/mol. The Bertz CT molecular complexity index is 599. The Hall–Kier alpha value is -1.54. The normalized spacial score (nSPS) is 22.0. The maximum absolute atomic E-state index is 14.1. The minimum Gasteiger partial charge on any atom is -0.379 e. The molecule has 0 aromatic heterocycles. The van der Waals surface area contributed by atoms with E-state index < -0.39 is 0 Å². The highest BCUT2D eigenvalue weighted by molar-refractivity contribution is 6.31. The smallest absolute Gasteiger partial charge is 0.164 e. The summed E-state index contributed by atoms with van der Waals surface area (Å²) in [5.74, 6) is 0.0786. The molecule has 0 radical (unpaired) electrons. The first-order valence-corrected chi connectivity index (χ1v) is 7.89. The lowest BCUT2D eigenvalue weighted by molar-refractivity contribution is 0.404. The molecule has 3 rings (SSSR count). The molecule has 0 heterocycles. The Morgan fingerprint density at radius 2 is 1.71 bits per heavy atom. The maximum atomic E-state index is 14.1. The monoisotopic (exact) mass is 303 g/mol. The summed E-state index contributed by atoms with van der Waals surface area (Å²) in [5.41, 5.74) is 1.84. The van der Waals surface area contributed by atoms with Gasteiger partial charge >= 0.3 is 0 Å². The van der Waals surface area contributed by atoms with Gasteiger partial charge in [-0.15, -0.1) is 0 Å². The van der Waals surface area contributed by atoms with Gasteiger partial charge in [0.05, 0.1) is 10.7 Å². The summed E-state index contributed by atoms with van der Waals surface area (Å²) in [7, 11) is 0. The van der Waals surface area contributed by atoms with Crippen molar-refractivity contribution in [3.05, 3.63) is 64.9 Å². The van der Waals surface area contributed by atoms with Gasteiger partial charge in [-0.1, -0.05) is 60.8 Å². The van der Waals surface area contributed by atoms with Gasteiger partial charge in [-0.2, -0.15) is 0 Å². The molecule has 0 bridgehead atoms. The van der Waals surface area contributed by atoms with Crippen LogP contribution in [0, 0.1) is 5.82 Å². The number of rotatable bonds is 3. The van der Waals surface area contributed by atoms with Crippen molar-refractivity contribution >= 4 is 17.3 Å². The van der Waals surface area contributed by atoms with Gasteiger partial charge in [0.25, 0.3) is 0 Å². The topological polar surface area (TPSA) is 12.0 Å². The van der Waals surface area contributed by atoms with Crippen molar-refractivity contribution < 1.29 is 4.39 Å². The Kier molecular flexibility index (Phi) is 4.45. The molecule has 1 aliphatic carbocycles. The Labute approximate surface area is 130 Å². The SMILES string of the molecule is Fc1c(Cl)cccc1NC1CCCCC1c1ccccc1. The van der Waals surface area contributed by atoms with Crippen molar-refractivity contribution in [1.82, 2.24) is 0 Å². The van der Waals surface area contributed by atoms with E-state index in [1.807, 2.05) is 6.07 Å². The summed E-state index contributed by atoms with van der Waals surface area (Å²) in [6.45, 7) is 0. The Morgan fingerprint density at radius 1 is 0.952 bits per heavy atom. The molecule has 2 unspecified atom stereocenters. The molecule has 1 saturated carbocycles. The van der Waals surface area contributed by atoms with E-state index in [-0.39, 0.29) is 16.9 Å². The van der Waals surface area contributed by atoms with Crippen LogP contribution in [-0.2, 0) is 0 Å². The first-order chi connectivity index (χ1) is 10.3. The van der Waals surface area contributed by atoms with E-state index in [1.165, 1.54) is 18.4 Å². The highest BCUT2D eigenvalue weighted by atomic mass is 35.5. The molecule has 0 saturated heterocycles. The van der Waals surface area contributed by atoms with E-state index >= 15 is 0 Å². The highest BCUT2D eigenvalue weighted by Gasteiger charge is 2.27. The molecule has 1 N–H and O–H groups in total. The molecule has 0 amide bonds. The van der Waals surface area contributed by atoms with Crippen LogP contribution in [0.1, 0.15) is 37.2 Å². The molecule has 1 fully saturated rings. The molecule has 1 nitrogen and oxygen atoms in total. The summed E-state index contributed by atoms with van der Waals surface area (Å²) >= 11 is 5.87. The molecular formula is C18H19ClFN. The molecule has 0 spiro atoms. The van der Waals surface area contributed by atoms with Crippen molar-refractivity contribution in [2.75, 3.05) is 5.32 Å². The van der Waals surface area contributed by atoms with Gasteiger partial charge < -0.3 is 5.32 Å². The van der Waals surface area contributed by atoms with Gasteiger partial charge in [-0.25, -0.2) is 4.39 Å². The molecule has 2 atom stereocenters. The molecule has 3 heteroatoms. The van der Waals surface area contributed by atoms with Crippen molar-refractivity contribution in [2.45, 2.75) is 37.6 Å². The number of hydrogen-bond donors (Lipinski definition) is 1. The van der Waals surface area contributed by atoms with Crippen LogP contribution >= 0.6 is 11.6 Å². The van der Waals surface area contributed by atoms with Gasteiger partial charge in [-0.05, 0) is 30.5 Å². The van der Waals surface area contributed by atoms with Gasteiger partial charge in [0, 0.05) is 12.0 Å². The van der Waals surface area contributed by atoms with Crippen molar-refractivity contribution in [1.29, 1.82) is 0 Å². The zero-order valence-corrected chi connectivity index (χ0v) is 12.6. The lowest BCUT2D eigenvalue weighted by Crippen LogP contribution is -2.31. The minimum atomic E-state index is -0.350. The molecule has 2 aromatic carbocycles. The van der Waals surface area contributed by atoms with Gasteiger partial charge in [0.1, 0.15) is 0 Å². The van der Waals surface area contributed by atoms with E-state index in [2.05, 4.69) is 29.6 Å². The number of halogens is 2. The van der Waals surface area contributed by atoms with Crippen LogP contribution in [0.2, 0.25) is 5.02 Å². The summed E-state index contributed by atoms with van der Waals surface area (Å²) < 4.78 is 14.1. The summed E-state index contributed by atoms with van der Waals surface area (Å²) in [4.78, 5) is 0. The van der Waals surface area contributed by atoms with Crippen LogP contribution in [0.5, 0.6) is 0 Å². The lowest BCUT2D eigenvalue weighted by atomic mass is 9.80. The van der Waals surface area contributed by atoms with Crippen LogP contribution in [0.25, 0.3) is 0 Å². The second kappa shape index (κ2) is 6.48. The predicted octanol–water partition coefficient (Wildman–Crippen LogP) is 5.62. The summed E-state index contributed by atoms with van der Waals surface area (Å²) in [6.07, 6.45) is 4.62. The van der Waals surface area contributed by atoms with E-state index in [9.17, 15) is 4.39 Å². The second-order valence-corrected chi connectivity index (χ2v) is 6.06. The van der Waals surface area contributed by atoms with Crippen LogP contribution in [0.3, 0.4) is 0 Å². The first kappa shape index (κ1) is 14.4. The molecule has 21 heavy (non-hydrogen) atoms. The van der Waals surface area contributed by atoms with Crippen LogP contribution in [-0.4, -0.2) is 6.04 Å². The fraction of sp³-hybridized carbons (Fsp3) is 0.333. The zero-order chi connectivity index (χ0) is 14.7. The van der Waals surface area contributed by atoms with Crippen LogP contribution in [0.15, 0.2) is 48.5 Å². The van der Waals surface area contributed by atoms with E-state index in [0.717, 1.165) is 12.8 Å². The summed E-state index contributed by atoms with van der Waals surface area (Å²) in [5, 5.41) is 3.55. The largest absolute Gasteiger partial charge is 0.379 e. The molecule has 0 aliphatic heterocycles. The fourth-order valence-electron chi connectivity index (χ4n) is 3.22. The molecule has 2 aromatic rings. The lowest BCUT2D eigenvalue weighted by Gasteiger charge is -2.33. The number of nitrogens with one attached hydrogen (secondary N) is 1. The minimum absolute atomic E-state index is 0.173.